The van der Waals surface area contributed by atoms with Crippen molar-refractivity contribution in [2.75, 3.05) is 7.05 Å². The van der Waals surface area contributed by atoms with Crippen LogP contribution in [-0.4, -0.2) is 12.0 Å². The van der Waals surface area contributed by atoms with E-state index in [0.717, 1.165) is 59.3 Å². The minimum atomic E-state index is -0.210. The highest BCUT2D eigenvalue weighted by atomic mass is 19.1. The molecule has 0 radical (unpaired) electrons. The van der Waals surface area contributed by atoms with Gasteiger partial charge >= 0.3 is 0 Å². The van der Waals surface area contributed by atoms with Crippen molar-refractivity contribution in [2.24, 2.45) is 11.7 Å². The zero-order valence-corrected chi connectivity index (χ0v) is 22.2. The van der Waals surface area contributed by atoms with E-state index < -0.39 is 0 Å². The summed E-state index contributed by atoms with van der Waals surface area (Å²) in [6.45, 7) is 14.5. The van der Waals surface area contributed by atoms with Crippen molar-refractivity contribution in [3.8, 4) is 17.3 Å². The quantitative estimate of drug-likeness (QED) is 0.311. The van der Waals surface area contributed by atoms with Crippen molar-refractivity contribution in [2.45, 2.75) is 52.9 Å². The zero-order valence-electron chi connectivity index (χ0n) is 22.2. The minimum absolute atomic E-state index is 0.210. The predicted molar refractivity (Wildman–Crippen MR) is 152 cm³/mol. The summed E-state index contributed by atoms with van der Waals surface area (Å²) in [6, 6.07) is 20.5. The van der Waals surface area contributed by atoms with E-state index in [1.54, 1.807) is 18.2 Å². The maximum Gasteiger partial charge on any atom is 0.123 e. The second-order valence-electron chi connectivity index (χ2n) is 8.56. The van der Waals surface area contributed by atoms with Gasteiger partial charge in [0.05, 0.1) is 17.3 Å². The van der Waals surface area contributed by atoms with Gasteiger partial charge in [-0.05, 0) is 79.6 Å². The fourth-order valence-corrected chi connectivity index (χ4v) is 3.70. The SMILES string of the molecule is C=CC(C)CC(=C)c1ccc(-c2ccccc2C#N)nc1CCCc1cccc(F)c1.CCC.CN. The van der Waals surface area contributed by atoms with E-state index in [-0.39, 0.29) is 5.82 Å². The van der Waals surface area contributed by atoms with E-state index in [1.165, 1.54) is 19.5 Å². The van der Waals surface area contributed by atoms with E-state index in [9.17, 15) is 9.65 Å². The largest absolute Gasteiger partial charge is 0.333 e. The Balaban J connectivity index is 0.00000120. The summed E-state index contributed by atoms with van der Waals surface area (Å²) in [7, 11) is 1.50. The Bertz CT molecular complexity index is 1140. The van der Waals surface area contributed by atoms with Gasteiger partial charge in [-0.25, -0.2) is 4.39 Å². The molecule has 0 aliphatic carbocycles. The van der Waals surface area contributed by atoms with Crippen LogP contribution < -0.4 is 5.73 Å². The number of nitrogens with two attached hydrogens (primary N) is 1. The number of nitriles is 1. The first-order valence-corrected chi connectivity index (χ1v) is 12.6. The molecule has 3 rings (SSSR count). The van der Waals surface area contributed by atoms with Crippen LogP contribution in [0.3, 0.4) is 0 Å². The fraction of sp³-hybridized carbons (Fsp3) is 0.312. The molecule has 0 spiro atoms. The molecule has 0 aliphatic heterocycles. The van der Waals surface area contributed by atoms with Gasteiger partial charge in [-0.3, -0.25) is 4.98 Å². The minimum Gasteiger partial charge on any atom is -0.333 e. The number of aromatic nitrogens is 1. The van der Waals surface area contributed by atoms with Gasteiger partial charge in [0, 0.05) is 11.3 Å². The number of halogens is 1. The Kier molecular flexibility index (Phi) is 14.4. The van der Waals surface area contributed by atoms with Crippen molar-refractivity contribution < 1.29 is 4.39 Å². The Labute approximate surface area is 217 Å². The molecular formula is C32H40FN3. The van der Waals surface area contributed by atoms with E-state index in [4.69, 9.17) is 4.98 Å². The van der Waals surface area contributed by atoms with Gasteiger partial charge in [0.2, 0.25) is 0 Å². The second kappa shape index (κ2) is 17.0. The lowest BCUT2D eigenvalue weighted by Gasteiger charge is -2.15. The summed E-state index contributed by atoms with van der Waals surface area (Å²) in [5, 5.41) is 9.48. The predicted octanol–water partition coefficient (Wildman–Crippen LogP) is 8.15. The highest BCUT2D eigenvalue weighted by Gasteiger charge is 2.13. The van der Waals surface area contributed by atoms with Crippen LogP contribution in [0.2, 0.25) is 0 Å². The molecule has 2 aromatic carbocycles. The van der Waals surface area contributed by atoms with Crippen LogP contribution in [0.1, 0.15) is 62.4 Å². The van der Waals surface area contributed by atoms with Crippen molar-refractivity contribution in [1.82, 2.24) is 4.98 Å². The van der Waals surface area contributed by atoms with Crippen molar-refractivity contribution in [1.29, 1.82) is 5.26 Å². The molecule has 3 nitrogen and oxygen atoms in total. The Morgan fingerprint density at radius 3 is 2.42 bits per heavy atom. The highest BCUT2D eigenvalue weighted by Crippen LogP contribution is 2.29. The van der Waals surface area contributed by atoms with Gasteiger partial charge in [-0.2, -0.15) is 5.26 Å². The molecule has 0 bridgehead atoms. The number of nitrogens with zero attached hydrogens (tertiary/aromatic N) is 2. The van der Waals surface area contributed by atoms with Gasteiger partial charge in [0.15, 0.2) is 0 Å². The monoisotopic (exact) mass is 485 g/mol. The number of benzene rings is 2. The summed E-state index contributed by atoms with van der Waals surface area (Å²) in [4.78, 5) is 4.94. The van der Waals surface area contributed by atoms with Crippen LogP contribution in [0.4, 0.5) is 4.39 Å². The van der Waals surface area contributed by atoms with Gasteiger partial charge < -0.3 is 5.73 Å². The topological polar surface area (TPSA) is 62.7 Å². The Morgan fingerprint density at radius 2 is 1.78 bits per heavy atom. The van der Waals surface area contributed by atoms with Crippen molar-refractivity contribution >= 4 is 5.57 Å². The number of allylic oxidation sites excluding steroid dienone is 2. The average molecular weight is 486 g/mol. The van der Waals surface area contributed by atoms with E-state index in [2.05, 4.69) is 51.8 Å². The maximum atomic E-state index is 13.5. The molecule has 0 saturated heterocycles. The summed E-state index contributed by atoms with van der Waals surface area (Å²) < 4.78 is 13.5. The molecule has 3 aromatic rings. The number of rotatable bonds is 9. The standard InChI is InChI=1S/C28H27FN2.C3H8.CH5N/c1-4-20(2)17-21(3)25-15-16-28(26-13-6-5-11-23(26)19-30)31-27(25)14-8-10-22-9-7-12-24(29)18-22;1-3-2;1-2/h4-7,9,11-13,15-16,18,20H,1,3,8,10,14,17H2,2H3;3H2,1-2H3;2H2,1H3. The maximum absolute atomic E-state index is 13.5. The summed E-state index contributed by atoms with van der Waals surface area (Å²) in [5.41, 5.74) is 10.7. The third-order valence-corrected chi connectivity index (χ3v) is 5.42. The summed E-state index contributed by atoms with van der Waals surface area (Å²) >= 11 is 0. The molecule has 1 heterocycles. The smallest absolute Gasteiger partial charge is 0.123 e. The molecule has 0 fully saturated rings. The van der Waals surface area contributed by atoms with Crippen LogP contribution in [0.5, 0.6) is 0 Å². The van der Waals surface area contributed by atoms with E-state index in [0.29, 0.717) is 11.5 Å². The van der Waals surface area contributed by atoms with Crippen molar-refractivity contribution in [3.63, 3.8) is 0 Å². The number of hydrogen-bond donors (Lipinski definition) is 1. The molecule has 4 heteroatoms. The molecule has 190 valence electrons. The third-order valence-electron chi connectivity index (χ3n) is 5.42. The van der Waals surface area contributed by atoms with Crippen LogP contribution in [-0.2, 0) is 12.8 Å². The normalized spacial score (nSPS) is 10.6. The van der Waals surface area contributed by atoms with Gasteiger partial charge in [-0.15, -0.1) is 6.58 Å². The number of hydrogen-bond acceptors (Lipinski definition) is 3. The molecule has 1 aromatic heterocycles. The third kappa shape index (κ3) is 9.60. The number of aryl methyl sites for hydroxylation is 2. The molecule has 0 amide bonds. The first-order valence-electron chi connectivity index (χ1n) is 12.6. The van der Waals surface area contributed by atoms with Gasteiger partial charge in [-0.1, -0.05) is 76.2 Å². The molecular weight excluding hydrogens is 445 g/mol. The average Bonchev–Trinajstić information content (AvgIpc) is 2.90. The highest BCUT2D eigenvalue weighted by molar-refractivity contribution is 5.71. The second-order valence-corrected chi connectivity index (χ2v) is 8.56. The molecule has 0 saturated carbocycles. The lowest BCUT2D eigenvalue weighted by Crippen LogP contribution is -2.03. The van der Waals surface area contributed by atoms with Gasteiger partial charge in [0.1, 0.15) is 5.82 Å². The summed E-state index contributed by atoms with van der Waals surface area (Å²) in [5.74, 6) is 0.116. The van der Waals surface area contributed by atoms with Crippen LogP contribution in [0, 0.1) is 23.1 Å². The Morgan fingerprint density at radius 1 is 1.08 bits per heavy atom. The lowest BCUT2D eigenvalue weighted by molar-refractivity contribution is 0.624. The molecule has 36 heavy (non-hydrogen) atoms. The van der Waals surface area contributed by atoms with Crippen LogP contribution in [0.15, 0.2) is 79.9 Å². The molecule has 1 unspecified atom stereocenters. The van der Waals surface area contributed by atoms with Crippen molar-refractivity contribution in [3.05, 3.63) is 108 Å². The fourth-order valence-electron chi connectivity index (χ4n) is 3.70. The molecule has 1 atom stereocenters. The zero-order chi connectivity index (χ0) is 26.9. The molecule has 2 N–H and O–H groups in total. The lowest BCUT2D eigenvalue weighted by atomic mass is 9.93. The van der Waals surface area contributed by atoms with Crippen LogP contribution >= 0.6 is 0 Å². The van der Waals surface area contributed by atoms with E-state index in [1.807, 2.05) is 36.4 Å². The van der Waals surface area contributed by atoms with Gasteiger partial charge in [0.25, 0.3) is 0 Å². The molecule has 0 aliphatic rings. The first-order chi connectivity index (χ1) is 17.4. The first kappa shape index (κ1) is 30.5. The Hall–Kier alpha value is -3.55. The summed E-state index contributed by atoms with van der Waals surface area (Å²) in [6.07, 6.45) is 6.36. The number of pyridine rings is 1. The van der Waals surface area contributed by atoms with E-state index >= 15 is 0 Å². The van der Waals surface area contributed by atoms with Crippen LogP contribution in [0.25, 0.3) is 16.8 Å².